The van der Waals surface area contributed by atoms with Crippen LogP contribution in [0.4, 0.5) is 5.69 Å². The quantitative estimate of drug-likeness (QED) is 0.270. The molecule has 0 bridgehead atoms. The van der Waals surface area contributed by atoms with Crippen molar-refractivity contribution in [1.82, 2.24) is 30.2 Å². The molecular formula is C26H37N7O2S2. The van der Waals surface area contributed by atoms with Gasteiger partial charge in [0, 0.05) is 35.9 Å². The number of carbonyl (C=O) groups is 1. The summed E-state index contributed by atoms with van der Waals surface area (Å²) in [5.41, 5.74) is 2.90. The van der Waals surface area contributed by atoms with E-state index in [-0.39, 0.29) is 0 Å². The van der Waals surface area contributed by atoms with Crippen molar-refractivity contribution >= 4 is 35.3 Å². The van der Waals surface area contributed by atoms with E-state index in [1.807, 2.05) is 38.2 Å². The zero-order valence-corrected chi connectivity index (χ0v) is 23.6. The van der Waals surface area contributed by atoms with Crippen LogP contribution in [-0.4, -0.2) is 70.2 Å². The molecule has 5 rings (SSSR count). The van der Waals surface area contributed by atoms with E-state index in [4.69, 9.17) is 4.74 Å². The lowest BCUT2D eigenvalue weighted by Crippen LogP contribution is -2.33. The van der Waals surface area contributed by atoms with Crippen LogP contribution >= 0.6 is 23.3 Å². The van der Waals surface area contributed by atoms with Gasteiger partial charge in [0.2, 0.25) is 5.88 Å². The zero-order chi connectivity index (χ0) is 26.5. The Hall–Kier alpha value is -2.60. The molecule has 2 saturated carbocycles. The molecule has 9 nitrogen and oxygen atoms in total. The minimum Gasteiger partial charge on any atom is -0.477 e. The Kier molecular flexibility index (Phi) is 12.2. The number of rotatable bonds is 10. The average Bonchev–Trinajstić information content (AvgIpc) is 3.57. The van der Waals surface area contributed by atoms with Gasteiger partial charge in [-0.05, 0) is 77.8 Å². The third-order valence-electron chi connectivity index (χ3n) is 5.63. The van der Waals surface area contributed by atoms with Crippen molar-refractivity contribution in [3.63, 3.8) is 0 Å². The average molecular weight is 544 g/mol. The molecule has 0 spiro atoms. The van der Waals surface area contributed by atoms with E-state index >= 15 is 0 Å². The molecule has 2 aliphatic rings. The van der Waals surface area contributed by atoms with E-state index in [1.54, 1.807) is 18.6 Å². The molecule has 37 heavy (non-hydrogen) atoms. The Labute approximate surface area is 228 Å². The second-order valence-electron chi connectivity index (χ2n) is 8.89. The molecule has 2 fully saturated rings. The second-order valence-corrected chi connectivity index (χ2v) is 11.1. The Balaban J connectivity index is 0.000000165. The van der Waals surface area contributed by atoms with Crippen LogP contribution in [0.15, 0.2) is 36.9 Å². The van der Waals surface area contributed by atoms with Crippen molar-refractivity contribution in [2.75, 3.05) is 32.5 Å². The number of pyridine rings is 1. The number of hydrogen-bond donors (Lipinski definition) is 2. The molecule has 2 aliphatic carbocycles. The van der Waals surface area contributed by atoms with Gasteiger partial charge in [-0.1, -0.05) is 6.42 Å². The number of anilines is 1. The third kappa shape index (κ3) is 10.4. The van der Waals surface area contributed by atoms with Gasteiger partial charge in [-0.25, -0.2) is 9.97 Å². The largest absolute Gasteiger partial charge is 0.477 e. The minimum atomic E-state index is 0.429. The highest BCUT2D eigenvalue weighted by Crippen LogP contribution is 2.34. The minimum absolute atomic E-state index is 0.429. The van der Waals surface area contributed by atoms with Gasteiger partial charge in [0.25, 0.3) is 0 Å². The van der Waals surface area contributed by atoms with E-state index < -0.39 is 0 Å². The van der Waals surface area contributed by atoms with Crippen LogP contribution in [0.2, 0.25) is 0 Å². The van der Waals surface area contributed by atoms with Crippen LogP contribution in [0.25, 0.3) is 10.6 Å². The van der Waals surface area contributed by atoms with Gasteiger partial charge in [0.1, 0.15) is 5.69 Å². The van der Waals surface area contributed by atoms with Crippen molar-refractivity contribution in [3.8, 4) is 16.5 Å². The Morgan fingerprint density at radius 1 is 1.19 bits per heavy atom. The van der Waals surface area contributed by atoms with Crippen molar-refractivity contribution in [3.05, 3.63) is 47.6 Å². The Bertz CT molecular complexity index is 1090. The van der Waals surface area contributed by atoms with E-state index in [9.17, 15) is 4.79 Å². The molecule has 200 valence electrons. The molecule has 3 aromatic rings. The summed E-state index contributed by atoms with van der Waals surface area (Å²) in [5, 5.41) is 4.35. The molecule has 0 aliphatic heterocycles. The predicted octanol–water partition coefficient (Wildman–Crippen LogP) is 4.94. The number of aldehydes is 1. The summed E-state index contributed by atoms with van der Waals surface area (Å²) in [5.74, 6) is 0.473. The smallest absolute Gasteiger partial charge is 0.232 e. The summed E-state index contributed by atoms with van der Waals surface area (Å²) in [4.78, 5) is 30.1. The number of nitrogens with zero attached hydrogens (tertiary/aromatic N) is 5. The topological polar surface area (TPSA) is 105 Å². The van der Waals surface area contributed by atoms with Gasteiger partial charge in [0.05, 0.1) is 29.6 Å². The van der Waals surface area contributed by atoms with E-state index in [0.717, 1.165) is 34.1 Å². The number of nitrogens with one attached hydrogen (secondary N) is 2. The van der Waals surface area contributed by atoms with Crippen molar-refractivity contribution in [2.24, 2.45) is 0 Å². The Morgan fingerprint density at radius 2 is 2.00 bits per heavy atom. The zero-order valence-electron chi connectivity index (χ0n) is 22.0. The molecule has 2 N–H and O–H groups in total. The molecule has 0 radical (unpaired) electrons. The molecule has 11 heteroatoms. The molecule has 0 aromatic carbocycles. The van der Waals surface area contributed by atoms with E-state index in [2.05, 4.69) is 55.0 Å². The summed E-state index contributed by atoms with van der Waals surface area (Å²) in [6.07, 6.45) is 14.3. The first-order chi connectivity index (χ1) is 18.0. The van der Waals surface area contributed by atoms with Crippen LogP contribution in [0.3, 0.4) is 0 Å². The Morgan fingerprint density at radius 3 is 2.57 bits per heavy atom. The maximum Gasteiger partial charge on any atom is 0.232 e. The van der Waals surface area contributed by atoms with Crippen molar-refractivity contribution in [2.45, 2.75) is 56.9 Å². The second kappa shape index (κ2) is 15.6. The standard InChI is InChI=1S/C10H9N3O2S.C10H15N3S.C6H13N/c1-2-15-9-5-11-3-7(13-9)8-4-12-10(6-14)16-8;1-11-7-9-6-8(4-5-12-9)13-14-10-2-3-10;1-7(2)6-4-3-5-6/h3-6H,2H2,1H3;4-6,10-11H,2-3,7H2,1H3,(H,12,13);6H,3-5H2,1-2H3. The van der Waals surface area contributed by atoms with Crippen LogP contribution in [0.5, 0.6) is 5.88 Å². The maximum atomic E-state index is 10.5. The summed E-state index contributed by atoms with van der Waals surface area (Å²) in [6, 6.07) is 5.01. The van der Waals surface area contributed by atoms with Gasteiger partial charge in [-0.15, -0.1) is 11.3 Å². The van der Waals surface area contributed by atoms with Gasteiger partial charge in [0.15, 0.2) is 11.3 Å². The van der Waals surface area contributed by atoms with E-state index in [1.165, 1.54) is 43.4 Å². The van der Waals surface area contributed by atoms with Crippen LogP contribution in [0, 0.1) is 0 Å². The first kappa shape index (κ1) is 29.0. The van der Waals surface area contributed by atoms with E-state index in [0.29, 0.717) is 29.5 Å². The number of hydrogen-bond acceptors (Lipinski definition) is 11. The van der Waals surface area contributed by atoms with Gasteiger partial charge in [-0.2, -0.15) is 0 Å². The fourth-order valence-corrected chi connectivity index (χ4v) is 4.69. The molecule has 3 aromatic heterocycles. The normalized spacial score (nSPS) is 14.5. The highest BCUT2D eigenvalue weighted by Gasteiger charge is 2.22. The lowest BCUT2D eigenvalue weighted by Gasteiger charge is -2.31. The van der Waals surface area contributed by atoms with Crippen LogP contribution < -0.4 is 14.8 Å². The van der Waals surface area contributed by atoms with Gasteiger partial charge < -0.3 is 19.7 Å². The van der Waals surface area contributed by atoms with Crippen molar-refractivity contribution in [1.29, 1.82) is 0 Å². The van der Waals surface area contributed by atoms with Crippen molar-refractivity contribution < 1.29 is 9.53 Å². The molecule has 0 atom stereocenters. The summed E-state index contributed by atoms with van der Waals surface area (Å²) >= 11 is 3.10. The first-order valence-corrected chi connectivity index (χ1v) is 14.3. The van der Waals surface area contributed by atoms with Gasteiger partial charge >= 0.3 is 0 Å². The summed E-state index contributed by atoms with van der Waals surface area (Å²) in [7, 11) is 6.24. The highest BCUT2D eigenvalue weighted by atomic mass is 32.2. The molecule has 0 saturated heterocycles. The lowest BCUT2D eigenvalue weighted by molar-refractivity contribution is 0.112. The predicted molar refractivity (Wildman–Crippen MR) is 152 cm³/mol. The lowest BCUT2D eigenvalue weighted by atomic mass is 9.92. The number of ether oxygens (including phenoxy) is 1. The first-order valence-electron chi connectivity index (χ1n) is 12.6. The SMILES string of the molecule is CCOc1cncc(-c2cnc(C=O)s2)n1.CN(C)C1CCC1.CNCc1cc(NSC2CC2)ccn1. The van der Waals surface area contributed by atoms with Crippen LogP contribution in [-0.2, 0) is 6.54 Å². The molecule has 0 amide bonds. The number of carbonyl (C=O) groups excluding carboxylic acids is 1. The highest BCUT2D eigenvalue weighted by molar-refractivity contribution is 8.01. The maximum absolute atomic E-state index is 10.5. The molecule has 3 heterocycles. The fraction of sp³-hybridized carbons (Fsp3) is 0.500. The fourth-order valence-electron chi connectivity index (χ4n) is 3.20. The monoisotopic (exact) mass is 543 g/mol. The third-order valence-corrected chi connectivity index (χ3v) is 7.73. The number of aromatic nitrogens is 4. The molecular weight excluding hydrogens is 506 g/mol. The number of thiazole rings is 1. The summed E-state index contributed by atoms with van der Waals surface area (Å²) in [6.45, 7) is 3.25. The summed E-state index contributed by atoms with van der Waals surface area (Å²) < 4.78 is 8.60. The van der Waals surface area contributed by atoms with Gasteiger partial charge in [-0.3, -0.25) is 14.8 Å². The molecule has 0 unspecified atom stereocenters. The van der Waals surface area contributed by atoms with Crippen LogP contribution in [0.1, 0.15) is 54.5 Å².